The van der Waals surface area contributed by atoms with Crippen LogP contribution in [0.15, 0.2) is 11.4 Å². The van der Waals surface area contributed by atoms with Crippen LogP contribution in [0.2, 0.25) is 0 Å². The quantitative estimate of drug-likeness (QED) is 0.806. The largest absolute Gasteiger partial charge is 0.350 e. The summed E-state index contributed by atoms with van der Waals surface area (Å²) < 4.78 is 1.17. The molecule has 0 spiro atoms. The van der Waals surface area contributed by atoms with Gasteiger partial charge in [-0.05, 0) is 23.9 Å². The van der Waals surface area contributed by atoms with Crippen LogP contribution in [0, 0.1) is 6.92 Å². The third-order valence-corrected chi connectivity index (χ3v) is 4.22. The van der Waals surface area contributed by atoms with E-state index in [4.69, 9.17) is 0 Å². The van der Waals surface area contributed by atoms with Gasteiger partial charge in [0.05, 0.1) is 10.2 Å². The van der Waals surface area contributed by atoms with E-state index in [1.165, 1.54) is 10.3 Å². The van der Waals surface area contributed by atoms with Gasteiger partial charge in [0.15, 0.2) is 0 Å². The maximum atomic E-state index is 12.3. The SMILES string of the molecule is Cc1csc2cc(C(=O)N3CCNCC3)[nH]c12. The average Bonchev–Trinajstić information content (AvgIpc) is 2.92. The monoisotopic (exact) mass is 249 g/mol. The second-order valence-electron chi connectivity index (χ2n) is 4.38. The fourth-order valence-electron chi connectivity index (χ4n) is 2.19. The van der Waals surface area contributed by atoms with Gasteiger partial charge in [-0.15, -0.1) is 11.3 Å². The molecule has 1 aliphatic heterocycles. The number of aryl methyl sites for hydroxylation is 1. The van der Waals surface area contributed by atoms with Gasteiger partial charge in [0.2, 0.25) is 0 Å². The van der Waals surface area contributed by atoms with Crippen molar-refractivity contribution in [3.63, 3.8) is 0 Å². The summed E-state index contributed by atoms with van der Waals surface area (Å²) in [5.74, 6) is 0.120. The maximum absolute atomic E-state index is 12.3. The molecule has 1 fully saturated rings. The minimum Gasteiger partial charge on any atom is -0.350 e. The molecule has 3 rings (SSSR count). The molecule has 2 aromatic rings. The van der Waals surface area contributed by atoms with Gasteiger partial charge in [0.1, 0.15) is 5.69 Å². The molecule has 3 heterocycles. The average molecular weight is 249 g/mol. The van der Waals surface area contributed by atoms with E-state index in [2.05, 4.69) is 22.6 Å². The molecule has 0 bridgehead atoms. The summed E-state index contributed by atoms with van der Waals surface area (Å²) in [6.07, 6.45) is 0. The van der Waals surface area contributed by atoms with Crippen LogP contribution in [0.1, 0.15) is 16.1 Å². The van der Waals surface area contributed by atoms with Gasteiger partial charge in [0, 0.05) is 26.2 Å². The van der Waals surface area contributed by atoms with Crippen LogP contribution in [0.3, 0.4) is 0 Å². The Hall–Kier alpha value is -1.33. The third-order valence-electron chi connectivity index (χ3n) is 3.17. The summed E-state index contributed by atoms with van der Waals surface area (Å²) in [6, 6.07) is 1.97. The van der Waals surface area contributed by atoms with E-state index in [1.54, 1.807) is 11.3 Å². The number of hydrogen-bond donors (Lipinski definition) is 2. The molecule has 90 valence electrons. The van der Waals surface area contributed by atoms with Crippen molar-refractivity contribution < 1.29 is 4.79 Å². The molecule has 5 heteroatoms. The smallest absolute Gasteiger partial charge is 0.270 e. The van der Waals surface area contributed by atoms with Gasteiger partial charge in [-0.2, -0.15) is 0 Å². The van der Waals surface area contributed by atoms with Crippen molar-refractivity contribution in [3.05, 3.63) is 22.7 Å². The summed E-state index contributed by atoms with van der Waals surface area (Å²) in [6.45, 7) is 5.43. The highest BCUT2D eigenvalue weighted by Gasteiger charge is 2.20. The van der Waals surface area contributed by atoms with Crippen LogP contribution < -0.4 is 5.32 Å². The second-order valence-corrected chi connectivity index (χ2v) is 5.29. The van der Waals surface area contributed by atoms with Crippen molar-refractivity contribution in [2.75, 3.05) is 26.2 Å². The second kappa shape index (κ2) is 4.16. The zero-order valence-electron chi connectivity index (χ0n) is 9.75. The Balaban J connectivity index is 1.89. The van der Waals surface area contributed by atoms with Crippen LogP contribution in [-0.4, -0.2) is 42.0 Å². The standard InChI is InChI=1S/C12H15N3OS/c1-8-7-17-10-6-9(14-11(8)10)12(16)15-4-2-13-3-5-15/h6-7,13-14H,2-5H2,1H3. The van der Waals surface area contributed by atoms with Gasteiger partial charge < -0.3 is 15.2 Å². The van der Waals surface area contributed by atoms with Crippen molar-refractivity contribution in [1.82, 2.24) is 15.2 Å². The summed E-state index contributed by atoms with van der Waals surface area (Å²) in [4.78, 5) is 17.4. The molecule has 0 unspecified atom stereocenters. The minimum atomic E-state index is 0.120. The van der Waals surface area contributed by atoms with Crippen molar-refractivity contribution >= 4 is 27.5 Å². The summed E-state index contributed by atoms with van der Waals surface area (Å²) >= 11 is 1.68. The number of H-pyrrole nitrogens is 1. The first-order valence-corrected chi connectivity index (χ1v) is 6.70. The fraction of sp³-hybridized carbons (Fsp3) is 0.417. The first-order chi connectivity index (χ1) is 8.25. The molecule has 0 saturated carbocycles. The first-order valence-electron chi connectivity index (χ1n) is 5.82. The highest BCUT2D eigenvalue weighted by atomic mass is 32.1. The predicted molar refractivity (Wildman–Crippen MR) is 69.7 cm³/mol. The Bertz CT molecular complexity index is 551. The van der Waals surface area contributed by atoms with Crippen LogP contribution >= 0.6 is 11.3 Å². The Morgan fingerprint density at radius 1 is 1.41 bits per heavy atom. The molecule has 1 aliphatic rings. The van der Waals surface area contributed by atoms with Crippen molar-refractivity contribution in [2.24, 2.45) is 0 Å². The van der Waals surface area contributed by atoms with Crippen LogP contribution in [0.5, 0.6) is 0 Å². The highest BCUT2D eigenvalue weighted by Crippen LogP contribution is 2.26. The lowest BCUT2D eigenvalue weighted by molar-refractivity contribution is 0.0731. The van der Waals surface area contributed by atoms with E-state index < -0.39 is 0 Å². The molecular formula is C12H15N3OS. The molecule has 0 atom stereocenters. The number of thiophene rings is 1. The molecule has 2 N–H and O–H groups in total. The maximum Gasteiger partial charge on any atom is 0.270 e. The number of fused-ring (bicyclic) bond motifs is 1. The lowest BCUT2D eigenvalue weighted by Crippen LogP contribution is -2.46. The number of aromatic nitrogens is 1. The zero-order valence-corrected chi connectivity index (χ0v) is 10.6. The number of nitrogens with one attached hydrogen (secondary N) is 2. The van der Waals surface area contributed by atoms with Gasteiger partial charge in [-0.25, -0.2) is 0 Å². The highest BCUT2D eigenvalue weighted by molar-refractivity contribution is 7.17. The fourth-order valence-corrected chi connectivity index (χ4v) is 3.12. The summed E-state index contributed by atoms with van der Waals surface area (Å²) in [5.41, 5.74) is 3.04. The molecule has 0 radical (unpaired) electrons. The molecule has 0 aliphatic carbocycles. The Labute approximate surface area is 104 Å². The van der Waals surface area contributed by atoms with E-state index in [0.717, 1.165) is 37.4 Å². The number of carbonyl (C=O) groups is 1. The molecule has 1 amide bonds. The Morgan fingerprint density at radius 2 is 2.18 bits per heavy atom. The van der Waals surface area contributed by atoms with E-state index in [-0.39, 0.29) is 5.91 Å². The van der Waals surface area contributed by atoms with Gasteiger partial charge in [-0.3, -0.25) is 4.79 Å². The van der Waals surface area contributed by atoms with Crippen LogP contribution in [-0.2, 0) is 0 Å². The minimum absolute atomic E-state index is 0.120. The van der Waals surface area contributed by atoms with Crippen LogP contribution in [0.25, 0.3) is 10.2 Å². The van der Waals surface area contributed by atoms with Crippen molar-refractivity contribution in [3.8, 4) is 0 Å². The molecule has 2 aromatic heterocycles. The number of piperazine rings is 1. The van der Waals surface area contributed by atoms with Gasteiger partial charge in [0.25, 0.3) is 5.91 Å². The van der Waals surface area contributed by atoms with E-state index >= 15 is 0 Å². The normalized spacial score (nSPS) is 16.6. The van der Waals surface area contributed by atoms with Crippen molar-refractivity contribution in [1.29, 1.82) is 0 Å². The van der Waals surface area contributed by atoms with Crippen molar-refractivity contribution in [2.45, 2.75) is 6.92 Å². The number of rotatable bonds is 1. The topological polar surface area (TPSA) is 48.1 Å². The van der Waals surface area contributed by atoms with Gasteiger partial charge >= 0.3 is 0 Å². The molecule has 0 aromatic carbocycles. The van der Waals surface area contributed by atoms with Gasteiger partial charge in [-0.1, -0.05) is 0 Å². The van der Waals surface area contributed by atoms with E-state index in [0.29, 0.717) is 0 Å². The zero-order chi connectivity index (χ0) is 11.8. The molecule has 1 saturated heterocycles. The number of amides is 1. The number of aromatic amines is 1. The summed E-state index contributed by atoms with van der Waals surface area (Å²) in [5, 5.41) is 5.36. The Kier molecular flexibility index (Phi) is 2.64. The number of carbonyl (C=O) groups excluding carboxylic acids is 1. The van der Waals surface area contributed by atoms with Crippen LogP contribution in [0.4, 0.5) is 0 Å². The first kappa shape index (κ1) is 10.8. The molecular weight excluding hydrogens is 234 g/mol. The van der Waals surface area contributed by atoms with E-state index in [1.807, 2.05) is 11.0 Å². The number of nitrogens with zero attached hydrogens (tertiary/aromatic N) is 1. The third kappa shape index (κ3) is 1.85. The molecule has 4 nitrogen and oxygen atoms in total. The Morgan fingerprint density at radius 3 is 2.88 bits per heavy atom. The van der Waals surface area contributed by atoms with E-state index in [9.17, 15) is 4.79 Å². The predicted octanol–water partition coefficient (Wildman–Crippen LogP) is 1.58. The summed E-state index contributed by atoms with van der Waals surface area (Å²) in [7, 11) is 0. The lowest BCUT2D eigenvalue weighted by Gasteiger charge is -2.26. The number of hydrogen-bond acceptors (Lipinski definition) is 3. The molecule has 17 heavy (non-hydrogen) atoms. The lowest BCUT2D eigenvalue weighted by atomic mass is 10.3.